The molecule has 2 aliphatic rings. The minimum Gasteiger partial charge on any atom is -0.298 e. The number of rotatable bonds is 1. The largest absolute Gasteiger partial charge is 0.298 e. The van der Waals surface area contributed by atoms with Gasteiger partial charge < -0.3 is 0 Å². The van der Waals surface area contributed by atoms with Crippen LogP contribution in [0.15, 0.2) is 18.7 Å². The zero-order chi connectivity index (χ0) is 13.3. The van der Waals surface area contributed by atoms with Crippen molar-refractivity contribution in [3.63, 3.8) is 0 Å². The van der Waals surface area contributed by atoms with Crippen LogP contribution in [0.2, 0.25) is 0 Å². The third kappa shape index (κ3) is 2.34. The number of imidazole rings is 1. The van der Waals surface area contributed by atoms with Crippen LogP contribution in [0, 0.1) is 0 Å². The summed E-state index contributed by atoms with van der Waals surface area (Å²) in [5.74, 6) is 0.177. The molecule has 19 heavy (non-hydrogen) atoms. The van der Waals surface area contributed by atoms with Gasteiger partial charge >= 0.3 is 0 Å². The molecular weight excluding hydrogens is 238 g/mol. The van der Waals surface area contributed by atoms with Gasteiger partial charge in [-0.25, -0.2) is 4.98 Å². The summed E-state index contributed by atoms with van der Waals surface area (Å²) in [5, 5.41) is 3.71. The van der Waals surface area contributed by atoms with Crippen LogP contribution >= 0.6 is 0 Å². The van der Waals surface area contributed by atoms with Gasteiger partial charge in [0.2, 0.25) is 0 Å². The lowest BCUT2D eigenvalue weighted by Gasteiger charge is -2.32. The van der Waals surface area contributed by atoms with E-state index in [1.165, 1.54) is 25.7 Å². The Labute approximate surface area is 114 Å². The van der Waals surface area contributed by atoms with Crippen molar-refractivity contribution < 1.29 is 4.79 Å². The molecule has 0 amide bonds. The van der Waals surface area contributed by atoms with Gasteiger partial charge in [0.05, 0.1) is 5.54 Å². The highest BCUT2D eigenvalue weighted by atomic mass is 16.2. The Kier molecular flexibility index (Phi) is 3.21. The quantitative estimate of drug-likeness (QED) is 0.845. The van der Waals surface area contributed by atoms with Gasteiger partial charge in [0.25, 0.3) is 5.91 Å². The van der Waals surface area contributed by atoms with E-state index in [2.05, 4.69) is 17.2 Å². The normalized spacial score (nSPS) is 35.4. The second-order valence-corrected chi connectivity index (χ2v) is 6.46. The van der Waals surface area contributed by atoms with Crippen LogP contribution in [0.4, 0.5) is 0 Å². The lowest BCUT2D eigenvalue weighted by Crippen LogP contribution is -2.55. The number of carbonyl (C=O) groups excluding carboxylic acids is 1. The third-order valence-electron chi connectivity index (χ3n) is 4.88. The molecule has 0 saturated carbocycles. The van der Waals surface area contributed by atoms with E-state index in [-0.39, 0.29) is 17.0 Å². The molecule has 4 nitrogen and oxygen atoms in total. The smallest absolute Gasteiger partial charge is 0.252 e. The van der Waals surface area contributed by atoms with Crippen LogP contribution in [0.3, 0.4) is 0 Å². The summed E-state index contributed by atoms with van der Waals surface area (Å²) in [5.41, 5.74) is -0.222. The van der Waals surface area contributed by atoms with Gasteiger partial charge in [-0.1, -0.05) is 25.7 Å². The molecule has 0 radical (unpaired) electrons. The van der Waals surface area contributed by atoms with Crippen molar-refractivity contribution in [3.05, 3.63) is 18.7 Å². The first-order valence-electron chi connectivity index (χ1n) is 7.46. The number of hydrogen-bond acceptors (Lipinski definition) is 3. The fraction of sp³-hybridized carbons (Fsp3) is 0.733. The van der Waals surface area contributed by atoms with Gasteiger partial charge in [-0.15, -0.1) is 0 Å². The topological polar surface area (TPSA) is 46.9 Å². The Morgan fingerprint density at radius 3 is 2.68 bits per heavy atom. The standard InChI is InChI=1S/C15H23N3O/c1-14-6-4-2-3-5-7-15(17-14,9-8-14)13(19)18-11-10-16-12-18/h10-12,17H,2-9H2,1H3. The SMILES string of the molecule is CC12CCCCCCC(C(=O)n3ccnc3)(CC1)N2. The summed E-state index contributed by atoms with van der Waals surface area (Å²) in [4.78, 5) is 16.8. The molecule has 2 aliphatic heterocycles. The summed E-state index contributed by atoms with van der Waals surface area (Å²) in [7, 11) is 0. The predicted molar refractivity (Wildman–Crippen MR) is 74.1 cm³/mol. The van der Waals surface area contributed by atoms with E-state index >= 15 is 0 Å². The predicted octanol–water partition coefficient (Wildman–Crippen LogP) is 2.76. The number of aromatic nitrogens is 2. The van der Waals surface area contributed by atoms with Crippen molar-refractivity contribution >= 4 is 5.91 Å². The minimum absolute atomic E-state index is 0.139. The molecule has 0 spiro atoms. The second-order valence-electron chi connectivity index (χ2n) is 6.46. The first-order valence-corrected chi connectivity index (χ1v) is 7.46. The van der Waals surface area contributed by atoms with Crippen molar-refractivity contribution in [1.29, 1.82) is 0 Å². The average molecular weight is 261 g/mol. The van der Waals surface area contributed by atoms with Gasteiger partial charge in [-0.05, 0) is 32.6 Å². The second kappa shape index (κ2) is 4.75. The van der Waals surface area contributed by atoms with Crippen molar-refractivity contribution in [2.75, 3.05) is 0 Å². The molecule has 0 aliphatic carbocycles. The van der Waals surface area contributed by atoms with Crippen LogP contribution in [0.25, 0.3) is 0 Å². The molecule has 2 atom stereocenters. The zero-order valence-corrected chi connectivity index (χ0v) is 11.7. The maximum absolute atomic E-state index is 12.8. The molecule has 2 bridgehead atoms. The molecule has 0 aromatic carbocycles. The maximum Gasteiger partial charge on any atom is 0.252 e. The monoisotopic (exact) mass is 261 g/mol. The first kappa shape index (κ1) is 12.9. The Morgan fingerprint density at radius 1 is 1.16 bits per heavy atom. The lowest BCUT2D eigenvalue weighted by molar-refractivity contribution is 0.0750. The molecule has 4 heteroatoms. The number of hydrogen-bond donors (Lipinski definition) is 1. The molecular formula is C15H23N3O. The first-order chi connectivity index (χ1) is 9.14. The van der Waals surface area contributed by atoms with Crippen LogP contribution in [0.1, 0.15) is 63.1 Å². The summed E-state index contributed by atoms with van der Waals surface area (Å²) < 4.78 is 1.65. The van der Waals surface area contributed by atoms with Gasteiger partial charge in [0.1, 0.15) is 6.33 Å². The van der Waals surface area contributed by atoms with Crippen LogP contribution in [0.5, 0.6) is 0 Å². The summed E-state index contributed by atoms with van der Waals surface area (Å²) in [6.45, 7) is 2.28. The summed E-state index contributed by atoms with van der Waals surface area (Å²) in [6.07, 6.45) is 14.2. The molecule has 104 valence electrons. The minimum atomic E-state index is -0.361. The summed E-state index contributed by atoms with van der Waals surface area (Å²) in [6, 6.07) is 0. The molecule has 2 unspecified atom stereocenters. The molecule has 1 aromatic rings. The van der Waals surface area contributed by atoms with Crippen LogP contribution in [-0.2, 0) is 0 Å². The van der Waals surface area contributed by atoms with Crippen molar-refractivity contribution in [1.82, 2.24) is 14.9 Å². The van der Waals surface area contributed by atoms with Gasteiger partial charge in [-0.3, -0.25) is 14.7 Å². The molecule has 1 N–H and O–H groups in total. The van der Waals surface area contributed by atoms with E-state index < -0.39 is 0 Å². The van der Waals surface area contributed by atoms with E-state index in [0.717, 1.165) is 25.7 Å². The van der Waals surface area contributed by atoms with Crippen LogP contribution in [-0.4, -0.2) is 26.5 Å². The number of nitrogens with zero attached hydrogens (tertiary/aromatic N) is 2. The highest BCUT2D eigenvalue weighted by molar-refractivity contribution is 5.89. The molecule has 1 aromatic heterocycles. The Balaban J connectivity index is 1.89. The Hall–Kier alpha value is -1.16. The number of fused-ring (bicyclic) bond motifs is 2. The third-order valence-corrected chi connectivity index (χ3v) is 4.88. The Bertz CT molecular complexity index is 456. The molecule has 3 heterocycles. The zero-order valence-electron chi connectivity index (χ0n) is 11.7. The Morgan fingerprint density at radius 2 is 1.95 bits per heavy atom. The average Bonchev–Trinajstić information content (AvgIpc) is 3.03. The summed E-state index contributed by atoms with van der Waals surface area (Å²) >= 11 is 0. The maximum atomic E-state index is 12.8. The number of nitrogens with one attached hydrogen (secondary N) is 1. The fourth-order valence-corrected chi connectivity index (χ4v) is 3.76. The van der Waals surface area contributed by atoms with Gasteiger partial charge in [0, 0.05) is 17.9 Å². The highest BCUT2D eigenvalue weighted by Gasteiger charge is 2.49. The van der Waals surface area contributed by atoms with Gasteiger partial charge in [0.15, 0.2) is 0 Å². The van der Waals surface area contributed by atoms with E-state index in [0.29, 0.717) is 0 Å². The van der Waals surface area contributed by atoms with Crippen molar-refractivity contribution in [2.45, 2.75) is 69.4 Å². The van der Waals surface area contributed by atoms with E-state index in [1.807, 2.05) is 0 Å². The van der Waals surface area contributed by atoms with E-state index in [1.54, 1.807) is 23.3 Å². The molecule has 2 fully saturated rings. The van der Waals surface area contributed by atoms with Crippen LogP contribution < -0.4 is 5.32 Å². The molecule has 2 saturated heterocycles. The lowest BCUT2D eigenvalue weighted by atomic mass is 9.87. The van der Waals surface area contributed by atoms with Gasteiger partial charge in [-0.2, -0.15) is 0 Å². The highest BCUT2D eigenvalue weighted by Crippen LogP contribution is 2.39. The number of carbonyl (C=O) groups is 1. The van der Waals surface area contributed by atoms with E-state index in [4.69, 9.17) is 0 Å². The van der Waals surface area contributed by atoms with Crippen molar-refractivity contribution in [2.24, 2.45) is 0 Å². The van der Waals surface area contributed by atoms with Crippen molar-refractivity contribution in [3.8, 4) is 0 Å². The fourth-order valence-electron chi connectivity index (χ4n) is 3.76. The molecule has 3 rings (SSSR count). The van der Waals surface area contributed by atoms with E-state index in [9.17, 15) is 4.79 Å².